The number of anilines is 2. The minimum atomic E-state index is -4.58. The van der Waals surface area contributed by atoms with Crippen molar-refractivity contribution >= 4 is 23.0 Å². The lowest BCUT2D eigenvalue weighted by Gasteiger charge is -2.10. The van der Waals surface area contributed by atoms with Gasteiger partial charge in [-0.2, -0.15) is 13.2 Å². The van der Waals surface area contributed by atoms with Crippen LogP contribution in [0.4, 0.5) is 24.8 Å². The summed E-state index contributed by atoms with van der Waals surface area (Å²) in [6.07, 6.45) is -2.90. The molecule has 0 aliphatic rings. The maximum atomic E-state index is 12.7. The second kappa shape index (κ2) is 5.61. The lowest BCUT2D eigenvalue weighted by Crippen LogP contribution is -2.14. The molecule has 2 rings (SSSR count). The van der Waals surface area contributed by atoms with Crippen LogP contribution in [-0.2, 0) is 12.7 Å². The standard InChI is InChI=1S/C11H12F3N5S/c1-6-16-4-7(20-6)5-17-9-3-8(15-2)18-10(19-9)11(12,13)14/h3-4H,5H2,1-2H3,(H2,15,17,18,19). The fourth-order valence-corrected chi connectivity index (χ4v) is 2.19. The zero-order valence-electron chi connectivity index (χ0n) is 10.7. The molecule has 0 unspecified atom stereocenters. The van der Waals surface area contributed by atoms with Crippen LogP contribution < -0.4 is 10.6 Å². The molecule has 2 heterocycles. The Balaban J connectivity index is 2.18. The van der Waals surface area contributed by atoms with E-state index >= 15 is 0 Å². The van der Waals surface area contributed by atoms with E-state index in [2.05, 4.69) is 25.6 Å². The fourth-order valence-electron chi connectivity index (χ4n) is 1.46. The first-order valence-corrected chi connectivity index (χ1v) is 6.49. The van der Waals surface area contributed by atoms with Gasteiger partial charge in [0.15, 0.2) is 0 Å². The Morgan fingerprint density at radius 1 is 1.25 bits per heavy atom. The zero-order valence-corrected chi connectivity index (χ0v) is 11.6. The molecule has 108 valence electrons. The molecule has 0 saturated carbocycles. The first-order valence-electron chi connectivity index (χ1n) is 5.67. The second-order valence-corrected chi connectivity index (χ2v) is 5.23. The zero-order chi connectivity index (χ0) is 14.8. The minimum Gasteiger partial charge on any atom is -0.373 e. The molecule has 0 amide bonds. The molecular weight excluding hydrogens is 291 g/mol. The Morgan fingerprint density at radius 3 is 2.50 bits per heavy atom. The van der Waals surface area contributed by atoms with E-state index in [0.29, 0.717) is 6.54 Å². The number of alkyl halides is 3. The monoisotopic (exact) mass is 303 g/mol. The number of nitrogens with one attached hydrogen (secondary N) is 2. The van der Waals surface area contributed by atoms with Crippen LogP contribution in [0.3, 0.4) is 0 Å². The van der Waals surface area contributed by atoms with Crippen LogP contribution in [0.1, 0.15) is 15.7 Å². The molecule has 0 aliphatic carbocycles. The number of halogens is 3. The van der Waals surface area contributed by atoms with E-state index in [1.54, 1.807) is 6.20 Å². The first-order chi connectivity index (χ1) is 9.38. The first kappa shape index (κ1) is 14.5. The Kier molecular flexibility index (Phi) is 4.07. The summed E-state index contributed by atoms with van der Waals surface area (Å²) in [5, 5.41) is 6.32. The maximum Gasteiger partial charge on any atom is 0.451 e. The van der Waals surface area contributed by atoms with E-state index in [4.69, 9.17) is 0 Å². The van der Waals surface area contributed by atoms with E-state index in [1.165, 1.54) is 24.5 Å². The number of rotatable bonds is 4. The smallest absolute Gasteiger partial charge is 0.373 e. The number of nitrogens with zero attached hydrogens (tertiary/aromatic N) is 3. The molecule has 0 saturated heterocycles. The van der Waals surface area contributed by atoms with Crippen molar-refractivity contribution < 1.29 is 13.2 Å². The van der Waals surface area contributed by atoms with E-state index in [-0.39, 0.29) is 11.6 Å². The summed E-state index contributed by atoms with van der Waals surface area (Å²) in [5.74, 6) is -0.953. The summed E-state index contributed by atoms with van der Waals surface area (Å²) in [7, 11) is 1.50. The number of hydrogen-bond acceptors (Lipinski definition) is 6. The molecule has 5 nitrogen and oxygen atoms in total. The van der Waals surface area contributed by atoms with E-state index in [9.17, 15) is 13.2 Å². The highest BCUT2D eigenvalue weighted by molar-refractivity contribution is 7.11. The molecular formula is C11H12F3N5S. The minimum absolute atomic E-state index is 0.107. The lowest BCUT2D eigenvalue weighted by atomic mass is 10.4. The van der Waals surface area contributed by atoms with Crippen LogP contribution in [0.2, 0.25) is 0 Å². The lowest BCUT2D eigenvalue weighted by molar-refractivity contribution is -0.144. The number of thiazole rings is 1. The average molecular weight is 303 g/mol. The van der Waals surface area contributed by atoms with E-state index < -0.39 is 12.0 Å². The molecule has 20 heavy (non-hydrogen) atoms. The van der Waals surface area contributed by atoms with E-state index in [0.717, 1.165) is 9.88 Å². The van der Waals surface area contributed by atoms with Gasteiger partial charge in [0.25, 0.3) is 0 Å². The van der Waals surface area contributed by atoms with Gasteiger partial charge in [0, 0.05) is 24.2 Å². The van der Waals surface area contributed by atoms with Gasteiger partial charge in [-0.05, 0) is 6.92 Å². The summed E-state index contributed by atoms with van der Waals surface area (Å²) >= 11 is 1.47. The van der Waals surface area contributed by atoms with Crippen molar-refractivity contribution in [2.45, 2.75) is 19.6 Å². The van der Waals surface area contributed by atoms with Gasteiger partial charge >= 0.3 is 6.18 Å². The number of aromatic nitrogens is 3. The highest BCUT2D eigenvalue weighted by atomic mass is 32.1. The third kappa shape index (κ3) is 3.56. The maximum absolute atomic E-state index is 12.7. The van der Waals surface area contributed by atoms with Crippen LogP contribution in [0.5, 0.6) is 0 Å². The Bertz CT molecular complexity index is 596. The van der Waals surface area contributed by atoms with Gasteiger partial charge < -0.3 is 10.6 Å². The summed E-state index contributed by atoms with van der Waals surface area (Å²) in [4.78, 5) is 11.8. The third-order valence-electron chi connectivity index (χ3n) is 2.35. The molecule has 0 spiro atoms. The highest BCUT2D eigenvalue weighted by Gasteiger charge is 2.35. The second-order valence-electron chi connectivity index (χ2n) is 3.91. The summed E-state index contributed by atoms with van der Waals surface area (Å²) in [6, 6.07) is 1.42. The molecule has 0 fully saturated rings. The number of aryl methyl sites for hydroxylation is 1. The molecule has 2 aromatic rings. The summed E-state index contributed by atoms with van der Waals surface area (Å²) in [6.45, 7) is 2.22. The van der Waals surface area contributed by atoms with Gasteiger partial charge in [0.2, 0.25) is 5.82 Å². The van der Waals surface area contributed by atoms with Crippen molar-refractivity contribution in [1.82, 2.24) is 15.0 Å². The normalized spacial score (nSPS) is 11.4. The van der Waals surface area contributed by atoms with Gasteiger partial charge in [0.05, 0.1) is 11.6 Å². The Labute approximate surface area is 117 Å². The topological polar surface area (TPSA) is 62.7 Å². The molecule has 0 aliphatic heterocycles. The Morgan fingerprint density at radius 2 is 1.95 bits per heavy atom. The molecule has 0 atom stereocenters. The largest absolute Gasteiger partial charge is 0.451 e. The van der Waals surface area contributed by atoms with Gasteiger partial charge in [-0.3, -0.25) is 0 Å². The van der Waals surface area contributed by atoms with Gasteiger partial charge in [-0.15, -0.1) is 11.3 Å². The van der Waals surface area contributed by atoms with Crippen molar-refractivity contribution in [1.29, 1.82) is 0 Å². The highest BCUT2D eigenvalue weighted by Crippen LogP contribution is 2.28. The van der Waals surface area contributed by atoms with Crippen LogP contribution in [0.25, 0.3) is 0 Å². The molecule has 0 radical (unpaired) electrons. The predicted molar refractivity (Wildman–Crippen MR) is 70.8 cm³/mol. The summed E-state index contributed by atoms with van der Waals surface area (Å²) in [5.41, 5.74) is 0. The van der Waals surface area contributed by atoms with Crippen LogP contribution in [-0.4, -0.2) is 22.0 Å². The van der Waals surface area contributed by atoms with Crippen LogP contribution in [0.15, 0.2) is 12.3 Å². The quantitative estimate of drug-likeness (QED) is 0.909. The molecule has 2 N–H and O–H groups in total. The molecule has 9 heteroatoms. The third-order valence-corrected chi connectivity index (χ3v) is 3.26. The average Bonchev–Trinajstić information content (AvgIpc) is 2.81. The fraction of sp³-hybridized carbons (Fsp3) is 0.364. The van der Waals surface area contributed by atoms with Crippen molar-refractivity contribution in [2.75, 3.05) is 17.7 Å². The molecule has 2 aromatic heterocycles. The van der Waals surface area contributed by atoms with Gasteiger partial charge in [0.1, 0.15) is 11.6 Å². The van der Waals surface area contributed by atoms with E-state index in [1.807, 2.05) is 6.92 Å². The molecule has 0 aromatic carbocycles. The molecule has 0 bridgehead atoms. The summed E-state index contributed by atoms with van der Waals surface area (Å²) < 4.78 is 38.0. The predicted octanol–water partition coefficient (Wildman–Crippen LogP) is 2.91. The van der Waals surface area contributed by atoms with Crippen LogP contribution in [0, 0.1) is 6.92 Å². The SMILES string of the molecule is CNc1cc(NCc2cnc(C)s2)nc(C(F)(F)F)n1. The number of hydrogen-bond donors (Lipinski definition) is 2. The van der Waals surface area contributed by atoms with Crippen molar-refractivity contribution in [3.8, 4) is 0 Å². The van der Waals surface area contributed by atoms with Crippen LogP contribution >= 0.6 is 11.3 Å². The Hall–Kier alpha value is -1.90. The van der Waals surface area contributed by atoms with Gasteiger partial charge in [-0.25, -0.2) is 15.0 Å². The van der Waals surface area contributed by atoms with Gasteiger partial charge in [-0.1, -0.05) is 0 Å². The van der Waals surface area contributed by atoms with Crippen molar-refractivity contribution in [3.63, 3.8) is 0 Å². The van der Waals surface area contributed by atoms with Crippen molar-refractivity contribution in [3.05, 3.63) is 28.0 Å². The van der Waals surface area contributed by atoms with Crippen molar-refractivity contribution in [2.24, 2.45) is 0 Å².